The molecule has 0 saturated carbocycles. The number of halogens is 1. The molecule has 0 spiro atoms. The third kappa shape index (κ3) is 4.00. The zero-order valence-electron chi connectivity index (χ0n) is 16.1. The molecule has 1 N–H and O–H groups in total. The van der Waals surface area contributed by atoms with Gasteiger partial charge in [-0.2, -0.15) is 9.40 Å². The second-order valence-electron chi connectivity index (χ2n) is 7.01. The molecule has 160 valence electrons. The average molecular weight is 471 g/mol. The van der Waals surface area contributed by atoms with Gasteiger partial charge in [-0.15, -0.1) is 16.4 Å². The largest absolute Gasteiger partial charge is 0.401 e. The van der Waals surface area contributed by atoms with Gasteiger partial charge >= 0.3 is 6.01 Å². The van der Waals surface area contributed by atoms with Crippen LogP contribution in [0.25, 0.3) is 11.6 Å². The highest BCUT2D eigenvalue weighted by Gasteiger charge is 2.40. The summed E-state index contributed by atoms with van der Waals surface area (Å²) in [4.78, 5) is 12.8. The number of amides is 1. The van der Waals surface area contributed by atoms with Crippen LogP contribution in [0.3, 0.4) is 0 Å². The molecule has 1 fully saturated rings. The first-order valence-corrected chi connectivity index (χ1v) is 11.9. The van der Waals surface area contributed by atoms with E-state index in [9.17, 15) is 13.2 Å². The minimum atomic E-state index is -3.82. The third-order valence-electron chi connectivity index (χ3n) is 4.63. The highest BCUT2D eigenvalue weighted by Crippen LogP contribution is 2.32. The molecule has 1 amide bonds. The number of rotatable bonds is 6. The van der Waals surface area contributed by atoms with E-state index in [2.05, 4.69) is 20.6 Å². The molecule has 0 aromatic carbocycles. The molecule has 10 nitrogen and oxygen atoms in total. The summed E-state index contributed by atoms with van der Waals surface area (Å²) in [6, 6.07) is 3.88. The van der Waals surface area contributed by atoms with Gasteiger partial charge in [0.05, 0.1) is 4.34 Å². The summed E-state index contributed by atoms with van der Waals surface area (Å²) in [7, 11) is -3.82. The summed E-state index contributed by atoms with van der Waals surface area (Å²) in [5.74, 6) is -0.365. The van der Waals surface area contributed by atoms with E-state index >= 15 is 0 Å². The monoisotopic (exact) mass is 470 g/mol. The van der Waals surface area contributed by atoms with Crippen molar-refractivity contribution in [3.05, 3.63) is 28.7 Å². The van der Waals surface area contributed by atoms with Gasteiger partial charge in [-0.05, 0) is 44.9 Å². The van der Waals surface area contributed by atoms with Crippen LogP contribution in [-0.2, 0) is 14.8 Å². The van der Waals surface area contributed by atoms with Gasteiger partial charge < -0.3 is 4.42 Å². The van der Waals surface area contributed by atoms with Gasteiger partial charge in [0.1, 0.15) is 15.9 Å². The Labute approximate surface area is 181 Å². The molecular formula is C17H19ClN6O4S2. The number of sulfonamides is 1. The highest BCUT2D eigenvalue weighted by molar-refractivity contribution is 7.91. The lowest BCUT2D eigenvalue weighted by Gasteiger charge is -2.21. The van der Waals surface area contributed by atoms with Crippen molar-refractivity contribution in [3.8, 4) is 11.6 Å². The standard InChI is InChI=1S/C17H19ClN6O4S2/c1-10(2)23-9-7-11(22-23)16-20-21-17(28-16)19-15(25)12-4-3-8-24(12)30(26,27)14-6-5-13(18)29-14/h5-7,9-10,12H,3-4,8H2,1-2H3,(H,19,21,25). The fraction of sp³-hybridized carbons (Fsp3) is 0.412. The Morgan fingerprint density at radius 1 is 1.33 bits per heavy atom. The summed E-state index contributed by atoms with van der Waals surface area (Å²) >= 11 is 6.83. The number of hydrogen-bond donors (Lipinski definition) is 1. The Balaban J connectivity index is 1.49. The number of carbonyl (C=O) groups excluding carboxylic acids is 1. The molecule has 0 radical (unpaired) electrons. The number of thiophene rings is 1. The van der Waals surface area contributed by atoms with E-state index in [1.165, 1.54) is 16.4 Å². The van der Waals surface area contributed by atoms with Crippen LogP contribution in [0, 0.1) is 0 Å². The van der Waals surface area contributed by atoms with Crippen LogP contribution in [-0.4, -0.2) is 51.2 Å². The van der Waals surface area contributed by atoms with Gasteiger partial charge in [-0.3, -0.25) is 14.8 Å². The molecule has 0 bridgehead atoms. The molecular weight excluding hydrogens is 452 g/mol. The summed E-state index contributed by atoms with van der Waals surface area (Å²) in [5.41, 5.74) is 0.483. The molecule has 1 saturated heterocycles. The molecule has 0 aliphatic carbocycles. The van der Waals surface area contributed by atoms with Crippen molar-refractivity contribution in [2.24, 2.45) is 0 Å². The fourth-order valence-corrected chi connectivity index (χ4v) is 6.42. The topological polar surface area (TPSA) is 123 Å². The Bertz CT molecular complexity index is 1170. The molecule has 4 heterocycles. The lowest BCUT2D eigenvalue weighted by atomic mass is 10.2. The second-order valence-corrected chi connectivity index (χ2v) is 10.8. The van der Waals surface area contributed by atoms with E-state index in [0.29, 0.717) is 22.9 Å². The van der Waals surface area contributed by atoms with E-state index in [-0.39, 0.29) is 28.7 Å². The first kappa shape index (κ1) is 21.0. The van der Waals surface area contributed by atoms with Crippen molar-refractivity contribution in [1.82, 2.24) is 24.3 Å². The first-order chi connectivity index (χ1) is 14.3. The van der Waals surface area contributed by atoms with Crippen LogP contribution in [0.5, 0.6) is 0 Å². The minimum Gasteiger partial charge on any atom is -0.401 e. The van der Waals surface area contributed by atoms with E-state index in [1.54, 1.807) is 16.9 Å². The zero-order chi connectivity index (χ0) is 21.5. The van der Waals surface area contributed by atoms with E-state index in [4.69, 9.17) is 16.0 Å². The molecule has 1 aliphatic heterocycles. The number of nitrogens with zero attached hydrogens (tertiary/aromatic N) is 5. The minimum absolute atomic E-state index is 0.105. The molecule has 3 aromatic rings. The zero-order valence-corrected chi connectivity index (χ0v) is 18.5. The summed E-state index contributed by atoms with van der Waals surface area (Å²) < 4.78 is 34.7. The summed E-state index contributed by atoms with van der Waals surface area (Å²) in [6.07, 6.45) is 2.75. The molecule has 1 atom stereocenters. The van der Waals surface area contributed by atoms with E-state index in [0.717, 1.165) is 11.3 Å². The van der Waals surface area contributed by atoms with Crippen LogP contribution >= 0.6 is 22.9 Å². The number of nitrogens with one attached hydrogen (secondary N) is 1. The van der Waals surface area contributed by atoms with Crippen molar-refractivity contribution in [3.63, 3.8) is 0 Å². The van der Waals surface area contributed by atoms with Gasteiger partial charge in [-0.1, -0.05) is 16.7 Å². The Kier molecular flexibility index (Phi) is 5.66. The molecule has 1 aliphatic rings. The molecule has 1 unspecified atom stereocenters. The molecule has 30 heavy (non-hydrogen) atoms. The number of aromatic nitrogens is 4. The number of carbonyl (C=O) groups is 1. The van der Waals surface area contributed by atoms with Crippen molar-refractivity contribution >= 4 is 44.9 Å². The second kappa shape index (κ2) is 8.10. The van der Waals surface area contributed by atoms with Crippen LogP contribution in [0.2, 0.25) is 4.34 Å². The molecule has 13 heteroatoms. The van der Waals surface area contributed by atoms with E-state index < -0.39 is 22.0 Å². The maximum atomic E-state index is 12.9. The van der Waals surface area contributed by atoms with Crippen molar-refractivity contribution in [2.75, 3.05) is 11.9 Å². The van der Waals surface area contributed by atoms with Crippen LogP contribution in [0.1, 0.15) is 32.7 Å². The Morgan fingerprint density at radius 2 is 2.13 bits per heavy atom. The average Bonchev–Trinajstić information content (AvgIpc) is 3.46. The normalized spacial score (nSPS) is 17.7. The maximum absolute atomic E-state index is 12.9. The summed E-state index contributed by atoms with van der Waals surface area (Å²) in [5, 5.41) is 14.6. The van der Waals surface area contributed by atoms with E-state index in [1.807, 2.05) is 13.8 Å². The van der Waals surface area contributed by atoms with Crippen molar-refractivity contribution in [1.29, 1.82) is 0 Å². The number of anilines is 1. The van der Waals surface area contributed by atoms with Crippen molar-refractivity contribution < 1.29 is 17.6 Å². The van der Waals surface area contributed by atoms with Crippen molar-refractivity contribution in [2.45, 2.75) is 43.0 Å². The Morgan fingerprint density at radius 3 is 2.80 bits per heavy atom. The van der Waals surface area contributed by atoms with Crippen LogP contribution in [0.15, 0.2) is 33.0 Å². The fourth-order valence-electron chi connectivity index (χ4n) is 3.15. The Hall–Kier alpha value is -2.28. The molecule has 4 rings (SSSR count). The predicted octanol–water partition coefficient (Wildman–Crippen LogP) is 3.02. The quantitative estimate of drug-likeness (QED) is 0.587. The van der Waals surface area contributed by atoms with Gasteiger partial charge in [0.15, 0.2) is 0 Å². The lowest BCUT2D eigenvalue weighted by molar-refractivity contribution is -0.119. The third-order valence-corrected chi connectivity index (χ3v) is 8.24. The van der Waals surface area contributed by atoms with Crippen LogP contribution < -0.4 is 5.32 Å². The lowest BCUT2D eigenvalue weighted by Crippen LogP contribution is -2.42. The van der Waals surface area contributed by atoms with Gasteiger partial charge in [-0.25, -0.2) is 8.42 Å². The maximum Gasteiger partial charge on any atom is 0.322 e. The number of hydrogen-bond acceptors (Lipinski definition) is 8. The summed E-state index contributed by atoms with van der Waals surface area (Å²) in [6.45, 7) is 4.22. The van der Waals surface area contributed by atoms with Gasteiger partial charge in [0.25, 0.3) is 15.9 Å². The SMILES string of the molecule is CC(C)n1ccc(-c2nnc(NC(=O)C3CCCN3S(=O)(=O)c3ccc(Cl)s3)o2)n1. The smallest absolute Gasteiger partial charge is 0.322 e. The first-order valence-electron chi connectivity index (χ1n) is 9.23. The predicted molar refractivity (Wildman–Crippen MR) is 111 cm³/mol. The highest BCUT2D eigenvalue weighted by atomic mass is 35.5. The van der Waals surface area contributed by atoms with Gasteiger partial charge in [0.2, 0.25) is 5.91 Å². The van der Waals surface area contributed by atoms with Crippen LogP contribution in [0.4, 0.5) is 6.01 Å². The van der Waals surface area contributed by atoms with Gasteiger partial charge in [0, 0.05) is 18.8 Å². The molecule has 3 aromatic heterocycles.